The molecule has 0 spiro atoms. The van der Waals surface area contributed by atoms with E-state index in [1.165, 1.54) is 71.9 Å². The van der Waals surface area contributed by atoms with E-state index >= 15 is 0 Å². The molecular weight excluding hydrogens is 729 g/mol. The first kappa shape index (κ1) is 42.8. The number of hydrogen-bond acceptors (Lipinski definition) is 5. The van der Waals surface area contributed by atoms with Crippen LogP contribution in [0.25, 0.3) is 22.3 Å². The van der Waals surface area contributed by atoms with E-state index in [9.17, 15) is 4.79 Å². The van der Waals surface area contributed by atoms with Crippen molar-refractivity contribution in [2.75, 3.05) is 0 Å². The fraction of sp³-hybridized carbons (Fsp3) is 0.528. The predicted octanol–water partition coefficient (Wildman–Crippen LogP) is 13.5. The van der Waals surface area contributed by atoms with Gasteiger partial charge < -0.3 is 19.5 Å². The lowest BCUT2D eigenvalue weighted by Crippen LogP contribution is -2.33. The van der Waals surface area contributed by atoms with Crippen molar-refractivity contribution in [1.82, 2.24) is 10.2 Å². The van der Waals surface area contributed by atoms with Gasteiger partial charge in [-0.3, -0.25) is 4.90 Å². The molecule has 2 heterocycles. The highest BCUT2D eigenvalue weighted by molar-refractivity contribution is 5.71. The number of carbonyl (C=O) groups excluding carboxylic acids is 1. The molecule has 1 amide bonds. The molecule has 4 aromatic rings. The van der Waals surface area contributed by atoms with Crippen LogP contribution in [0.5, 0.6) is 11.5 Å². The molecule has 0 saturated heterocycles. The second kappa shape index (κ2) is 17.7. The van der Waals surface area contributed by atoms with Gasteiger partial charge in [-0.05, 0) is 176 Å². The number of fused-ring (bicyclic) bond motifs is 2. The molecule has 2 aliphatic heterocycles. The Morgan fingerprint density at radius 3 is 1.37 bits per heavy atom. The molecule has 2 aliphatic carbocycles. The van der Waals surface area contributed by atoms with Crippen molar-refractivity contribution >= 4 is 6.09 Å². The van der Waals surface area contributed by atoms with Gasteiger partial charge in [0.15, 0.2) is 0 Å². The third-order valence-electron chi connectivity index (χ3n) is 13.2. The van der Waals surface area contributed by atoms with E-state index in [1.54, 1.807) is 4.90 Å². The minimum absolute atomic E-state index is 0.252. The van der Waals surface area contributed by atoms with Crippen molar-refractivity contribution in [1.29, 1.82) is 0 Å². The summed E-state index contributed by atoms with van der Waals surface area (Å²) in [5.41, 5.74) is 10.5. The van der Waals surface area contributed by atoms with Crippen LogP contribution in [-0.4, -0.2) is 28.8 Å². The summed E-state index contributed by atoms with van der Waals surface area (Å²) < 4.78 is 18.1. The molecule has 2 saturated carbocycles. The van der Waals surface area contributed by atoms with Gasteiger partial charge in [-0.25, -0.2) is 4.79 Å². The first-order valence-corrected chi connectivity index (χ1v) is 22.4. The number of hydrogen-bond donors (Lipinski definition) is 1. The van der Waals surface area contributed by atoms with E-state index in [2.05, 4.69) is 132 Å². The molecule has 0 radical (unpaired) electrons. The Balaban J connectivity index is 0.000000184. The highest BCUT2D eigenvalue weighted by Gasteiger charge is 2.32. The highest BCUT2D eigenvalue weighted by atomic mass is 16.6. The number of nitrogens with zero attached hydrogens (tertiary/aromatic N) is 1. The zero-order chi connectivity index (χ0) is 42.0. The number of nitrogens with one attached hydrogen (secondary N) is 1. The second-order valence-corrected chi connectivity index (χ2v) is 20.9. The molecule has 1 N–H and O–H groups in total. The summed E-state index contributed by atoms with van der Waals surface area (Å²) in [4.78, 5) is 14.2. The maximum atomic E-state index is 12.4. The third-order valence-corrected chi connectivity index (χ3v) is 13.2. The topological polar surface area (TPSA) is 60.0 Å². The average molecular weight is 799 g/mol. The molecule has 316 valence electrons. The van der Waals surface area contributed by atoms with Crippen molar-refractivity contribution < 1.29 is 19.0 Å². The molecule has 59 heavy (non-hydrogen) atoms. The zero-order valence-corrected chi connectivity index (χ0v) is 37.5. The first-order chi connectivity index (χ1) is 28.0. The largest absolute Gasteiger partial charge is 0.490 e. The Morgan fingerprint density at radius 1 is 0.508 bits per heavy atom. The molecule has 0 aromatic heterocycles. The Morgan fingerprint density at radius 2 is 0.915 bits per heavy atom. The number of ether oxygens (including phenoxy) is 3. The molecular formula is C53H70N2O4. The second-order valence-electron chi connectivity index (χ2n) is 20.9. The molecule has 0 unspecified atom stereocenters. The normalized spacial score (nSPS) is 21.8. The van der Waals surface area contributed by atoms with Crippen LogP contribution >= 0.6 is 0 Å². The van der Waals surface area contributed by atoms with Crippen LogP contribution in [0.3, 0.4) is 0 Å². The van der Waals surface area contributed by atoms with Crippen molar-refractivity contribution in [2.24, 2.45) is 22.7 Å². The maximum absolute atomic E-state index is 12.4. The van der Waals surface area contributed by atoms with E-state index in [4.69, 9.17) is 14.2 Å². The molecule has 6 heteroatoms. The Hall–Kier alpha value is -4.29. The quantitative estimate of drug-likeness (QED) is 0.211. The van der Waals surface area contributed by atoms with Crippen molar-refractivity contribution in [3.05, 3.63) is 107 Å². The van der Waals surface area contributed by atoms with Gasteiger partial charge in [-0.15, -0.1) is 0 Å². The third kappa shape index (κ3) is 11.3. The summed E-state index contributed by atoms with van der Waals surface area (Å²) >= 11 is 0. The predicted molar refractivity (Wildman–Crippen MR) is 241 cm³/mol. The van der Waals surface area contributed by atoms with Gasteiger partial charge in [0.1, 0.15) is 17.1 Å². The van der Waals surface area contributed by atoms with Gasteiger partial charge in [0, 0.05) is 26.2 Å². The Bertz CT molecular complexity index is 2020. The summed E-state index contributed by atoms with van der Waals surface area (Å²) in [6, 6.07) is 30.4. The summed E-state index contributed by atoms with van der Waals surface area (Å²) in [5, 5.41) is 3.41. The lowest BCUT2D eigenvalue weighted by molar-refractivity contribution is 0.0241. The number of rotatable bonds is 6. The van der Waals surface area contributed by atoms with Gasteiger partial charge in [0.25, 0.3) is 0 Å². The molecule has 8 rings (SSSR count). The SMILES string of the molecule is CC(C)(C)C1CCC(Oc2ccc(-c3ccc4c(c3)CNC4)cc2)CC1.CC(C)(C)OC(=O)N1Cc2ccc(-c3ccc(OC4CCC(C(C)(C)C)CC4)cc3)cc2C1. The van der Waals surface area contributed by atoms with Crippen LogP contribution in [0.2, 0.25) is 0 Å². The standard InChI is InChI=1S/C29H39NO3.C24H31NO/c1-28(2,3)24-11-15-26(16-12-24)32-25-13-9-20(10-14-25)21-7-8-22-18-30(19-23(22)17-21)27(31)33-29(4,5)6;1-24(2,3)21-8-12-23(13-9-21)26-22-10-6-17(7-11-22)18-4-5-19-15-25-16-20(19)14-18/h7-10,13-14,17,24,26H,11-12,15-16,18-19H2,1-6H3;4-7,10-11,14,21,23,25H,8-9,12-13,15-16H2,1-3H3. The molecule has 0 atom stereocenters. The van der Waals surface area contributed by atoms with E-state index < -0.39 is 5.60 Å². The lowest BCUT2D eigenvalue weighted by Gasteiger charge is -2.37. The van der Waals surface area contributed by atoms with E-state index in [-0.39, 0.29) is 6.09 Å². The van der Waals surface area contributed by atoms with Crippen molar-refractivity contribution in [3.63, 3.8) is 0 Å². The van der Waals surface area contributed by atoms with Crippen LogP contribution in [0.4, 0.5) is 4.79 Å². The summed E-state index contributed by atoms with van der Waals surface area (Å²) in [6.07, 6.45) is 10.2. The van der Waals surface area contributed by atoms with Crippen LogP contribution in [0.1, 0.15) is 136 Å². The molecule has 4 aliphatic rings. The summed E-state index contributed by atoms with van der Waals surface area (Å²) in [6.45, 7) is 23.0. The zero-order valence-electron chi connectivity index (χ0n) is 37.5. The Labute approximate surface area is 355 Å². The van der Waals surface area contributed by atoms with Gasteiger partial charge in [-0.2, -0.15) is 0 Å². The van der Waals surface area contributed by atoms with E-state index in [1.807, 2.05) is 20.8 Å². The molecule has 0 bridgehead atoms. The van der Waals surface area contributed by atoms with E-state index in [0.29, 0.717) is 36.1 Å². The number of benzene rings is 4. The van der Waals surface area contributed by atoms with Crippen molar-refractivity contribution in [2.45, 2.75) is 158 Å². The number of carbonyl (C=O) groups is 1. The summed E-state index contributed by atoms with van der Waals surface area (Å²) in [5.74, 6) is 3.59. The molecule has 4 aromatic carbocycles. The minimum atomic E-state index is -0.479. The van der Waals surface area contributed by atoms with Gasteiger partial charge in [-0.1, -0.05) is 90.1 Å². The van der Waals surface area contributed by atoms with Crippen molar-refractivity contribution in [3.8, 4) is 33.8 Å². The Kier molecular flexibility index (Phi) is 12.9. The smallest absolute Gasteiger partial charge is 0.410 e. The molecule has 2 fully saturated rings. The van der Waals surface area contributed by atoms with Gasteiger partial charge in [0.05, 0.1) is 12.2 Å². The fourth-order valence-corrected chi connectivity index (χ4v) is 9.43. The monoisotopic (exact) mass is 799 g/mol. The summed E-state index contributed by atoms with van der Waals surface area (Å²) in [7, 11) is 0. The fourth-order valence-electron chi connectivity index (χ4n) is 9.43. The maximum Gasteiger partial charge on any atom is 0.410 e. The average Bonchev–Trinajstić information content (AvgIpc) is 3.85. The number of amides is 1. The highest BCUT2D eigenvalue weighted by Crippen LogP contribution is 2.40. The van der Waals surface area contributed by atoms with Crippen LogP contribution in [-0.2, 0) is 30.9 Å². The van der Waals surface area contributed by atoms with Crippen LogP contribution in [0, 0.1) is 22.7 Å². The van der Waals surface area contributed by atoms with Gasteiger partial charge in [0.2, 0.25) is 0 Å². The van der Waals surface area contributed by atoms with Crippen LogP contribution in [0.15, 0.2) is 84.9 Å². The first-order valence-electron chi connectivity index (χ1n) is 22.4. The van der Waals surface area contributed by atoms with E-state index in [0.717, 1.165) is 60.4 Å². The lowest BCUT2D eigenvalue weighted by atomic mass is 9.72. The van der Waals surface area contributed by atoms with Crippen LogP contribution < -0.4 is 14.8 Å². The minimum Gasteiger partial charge on any atom is -0.490 e. The van der Waals surface area contributed by atoms with Gasteiger partial charge >= 0.3 is 6.09 Å². The molecule has 6 nitrogen and oxygen atoms in total.